The third-order valence-corrected chi connectivity index (χ3v) is 5.11. The van der Waals surface area contributed by atoms with Crippen LogP contribution in [0.2, 0.25) is 0 Å². The molecule has 1 unspecified atom stereocenters. The number of halogens is 1. The van der Waals surface area contributed by atoms with Crippen LogP contribution in [0.15, 0.2) is 59.5 Å². The highest BCUT2D eigenvalue weighted by molar-refractivity contribution is 7.96. The van der Waals surface area contributed by atoms with Crippen molar-refractivity contribution >= 4 is 21.8 Å². The molecule has 2 amide bonds. The first-order valence-corrected chi connectivity index (χ1v) is 9.43. The molecule has 8 heteroatoms. The first-order chi connectivity index (χ1) is 12.8. The Kier molecular flexibility index (Phi) is 5.23. The molecule has 1 aliphatic heterocycles. The predicted octanol–water partition coefficient (Wildman–Crippen LogP) is 2.15. The van der Waals surface area contributed by atoms with E-state index in [0.717, 1.165) is 10.5 Å². The number of cyclic esters (lactones) is 1. The molecule has 1 atom stereocenters. The van der Waals surface area contributed by atoms with Gasteiger partial charge in [0.1, 0.15) is 11.9 Å². The second-order valence-corrected chi connectivity index (χ2v) is 7.48. The van der Waals surface area contributed by atoms with E-state index in [0.29, 0.717) is 6.42 Å². The van der Waals surface area contributed by atoms with Crippen LogP contribution >= 0.6 is 0 Å². The molecule has 0 N–H and O–H groups in total. The molecule has 0 bridgehead atoms. The Balaban J connectivity index is 1.67. The maximum atomic E-state index is 12.9. The maximum absolute atomic E-state index is 12.9. The fraction of sp³-hybridized carbons (Fsp3) is 0.158. The fourth-order valence-electron chi connectivity index (χ4n) is 2.51. The summed E-state index contributed by atoms with van der Waals surface area (Å²) in [6.45, 7) is -0.0604. The van der Waals surface area contributed by atoms with Gasteiger partial charge in [0.15, 0.2) is 0 Å². The van der Waals surface area contributed by atoms with Crippen molar-refractivity contribution in [2.45, 2.75) is 17.4 Å². The monoisotopic (exact) mass is 387 g/mol. The molecule has 1 fully saturated rings. The first-order valence-electron chi connectivity index (χ1n) is 7.94. The summed E-state index contributed by atoms with van der Waals surface area (Å²) in [6, 6.07) is 13.1. The smallest absolute Gasteiger partial charge is 0.417 e. The van der Waals surface area contributed by atoms with Crippen LogP contribution in [-0.4, -0.2) is 38.0 Å². The molecule has 0 spiro atoms. The predicted molar refractivity (Wildman–Crippen MR) is 93.5 cm³/mol. The topological polar surface area (TPSA) is 80.8 Å². The number of benzene rings is 2. The Bertz CT molecular complexity index is 1020. The van der Waals surface area contributed by atoms with Gasteiger partial charge in [0.2, 0.25) is 9.84 Å². The lowest BCUT2D eigenvalue weighted by molar-refractivity contribution is -0.121. The van der Waals surface area contributed by atoms with Crippen molar-refractivity contribution in [1.29, 1.82) is 0 Å². The lowest BCUT2D eigenvalue weighted by Crippen LogP contribution is -2.31. The molecular formula is C19H14FNO5S. The van der Waals surface area contributed by atoms with Crippen molar-refractivity contribution in [3.63, 3.8) is 0 Å². The van der Waals surface area contributed by atoms with E-state index in [9.17, 15) is 22.4 Å². The number of carbonyl (C=O) groups excluding carboxylic acids is 2. The van der Waals surface area contributed by atoms with Crippen molar-refractivity contribution in [1.82, 2.24) is 4.90 Å². The number of amides is 2. The quantitative estimate of drug-likeness (QED) is 0.596. The zero-order valence-corrected chi connectivity index (χ0v) is 14.8. The zero-order valence-electron chi connectivity index (χ0n) is 14.0. The van der Waals surface area contributed by atoms with E-state index < -0.39 is 27.9 Å². The molecule has 2 aromatic carbocycles. The van der Waals surface area contributed by atoms with E-state index >= 15 is 0 Å². The van der Waals surface area contributed by atoms with Crippen LogP contribution in [0.1, 0.15) is 5.56 Å². The van der Waals surface area contributed by atoms with Crippen molar-refractivity contribution in [2.75, 3.05) is 6.54 Å². The van der Waals surface area contributed by atoms with Gasteiger partial charge in [-0.05, 0) is 29.8 Å². The van der Waals surface area contributed by atoms with Gasteiger partial charge in [-0.2, -0.15) is 0 Å². The Morgan fingerprint density at radius 3 is 2.48 bits per heavy atom. The van der Waals surface area contributed by atoms with Crippen LogP contribution in [0.4, 0.5) is 9.18 Å². The second-order valence-electron chi connectivity index (χ2n) is 5.80. The van der Waals surface area contributed by atoms with Crippen LogP contribution < -0.4 is 0 Å². The average molecular weight is 387 g/mol. The van der Waals surface area contributed by atoms with E-state index in [-0.39, 0.29) is 17.3 Å². The van der Waals surface area contributed by atoms with Gasteiger partial charge in [-0.15, -0.1) is 0 Å². The van der Waals surface area contributed by atoms with Crippen molar-refractivity contribution in [3.8, 4) is 11.2 Å². The van der Waals surface area contributed by atoms with Crippen LogP contribution in [0.3, 0.4) is 0 Å². The molecule has 6 nitrogen and oxygen atoms in total. The molecule has 1 saturated heterocycles. The highest BCUT2D eigenvalue weighted by atomic mass is 32.2. The molecule has 138 valence electrons. The van der Waals surface area contributed by atoms with Gasteiger partial charge in [0.05, 0.1) is 11.4 Å². The Morgan fingerprint density at radius 1 is 1.15 bits per heavy atom. The molecule has 0 radical (unpaired) electrons. The van der Waals surface area contributed by atoms with E-state index in [2.05, 4.69) is 0 Å². The van der Waals surface area contributed by atoms with E-state index in [4.69, 9.17) is 4.74 Å². The standard InChI is InChI=1S/C19H14FNO5S/c20-15-8-6-14(7-9-15)12-16-13-21(19(23)26-16)18(22)10-11-27(24,25)17-4-2-1-3-5-17/h1-9,16H,12-13H2. The highest BCUT2D eigenvalue weighted by Gasteiger charge is 2.35. The van der Waals surface area contributed by atoms with E-state index in [1.165, 1.54) is 36.4 Å². The summed E-state index contributed by atoms with van der Waals surface area (Å²) in [4.78, 5) is 24.7. The maximum Gasteiger partial charge on any atom is 0.417 e. The van der Waals surface area contributed by atoms with Gasteiger partial charge in [0, 0.05) is 17.6 Å². The van der Waals surface area contributed by atoms with Gasteiger partial charge < -0.3 is 4.74 Å². The Morgan fingerprint density at radius 2 is 1.81 bits per heavy atom. The molecule has 0 aliphatic carbocycles. The molecule has 27 heavy (non-hydrogen) atoms. The number of rotatable bonds is 3. The number of hydrogen-bond acceptors (Lipinski definition) is 5. The van der Waals surface area contributed by atoms with E-state index in [1.54, 1.807) is 18.2 Å². The third-order valence-electron chi connectivity index (χ3n) is 3.84. The first kappa shape index (κ1) is 18.6. The molecule has 1 aliphatic rings. The number of ether oxygens (including phenoxy) is 1. The molecule has 0 aromatic heterocycles. The van der Waals surface area contributed by atoms with Gasteiger partial charge >= 0.3 is 12.0 Å². The minimum absolute atomic E-state index is 0.0384. The third kappa shape index (κ3) is 4.51. The summed E-state index contributed by atoms with van der Waals surface area (Å²) in [5.74, 6) is 0.646. The number of hydrogen-bond donors (Lipinski definition) is 0. The van der Waals surface area contributed by atoms with Gasteiger partial charge in [-0.1, -0.05) is 30.3 Å². The largest absolute Gasteiger partial charge is 0.444 e. The zero-order chi connectivity index (χ0) is 19.4. The molecule has 1 heterocycles. The van der Waals surface area contributed by atoms with Crippen molar-refractivity contribution in [2.24, 2.45) is 0 Å². The summed E-state index contributed by atoms with van der Waals surface area (Å²) < 4.78 is 42.2. The Labute approximate surface area is 155 Å². The Hall–Kier alpha value is -3.18. The summed E-state index contributed by atoms with van der Waals surface area (Å²) in [5.41, 5.74) is 0.737. The molecule has 3 rings (SSSR count). The van der Waals surface area contributed by atoms with Crippen LogP contribution in [-0.2, 0) is 25.8 Å². The normalized spacial score (nSPS) is 16.4. The van der Waals surface area contributed by atoms with Crippen molar-refractivity contribution < 1.29 is 27.1 Å². The summed E-state index contributed by atoms with van der Waals surface area (Å²) in [7, 11) is -3.96. The van der Waals surface area contributed by atoms with Crippen LogP contribution in [0.25, 0.3) is 0 Å². The van der Waals surface area contributed by atoms with Crippen LogP contribution in [0, 0.1) is 17.0 Å². The molecular weight excluding hydrogens is 373 g/mol. The molecule has 2 aromatic rings. The summed E-state index contributed by atoms with van der Waals surface area (Å²) in [6.07, 6.45) is -1.20. The van der Waals surface area contributed by atoms with Crippen LogP contribution in [0.5, 0.6) is 0 Å². The molecule has 0 saturated carbocycles. The highest BCUT2D eigenvalue weighted by Crippen LogP contribution is 2.17. The number of imide groups is 1. The SMILES string of the molecule is O=C(C#CS(=O)(=O)c1ccccc1)N1CC(Cc2ccc(F)cc2)OC1=O. The lowest BCUT2D eigenvalue weighted by Gasteiger charge is -2.08. The fourth-order valence-corrected chi connectivity index (χ4v) is 3.37. The number of carbonyl (C=O) groups is 2. The summed E-state index contributed by atoms with van der Waals surface area (Å²) in [5, 5.41) is 1.92. The van der Waals surface area contributed by atoms with Crippen molar-refractivity contribution in [3.05, 3.63) is 66.0 Å². The lowest BCUT2D eigenvalue weighted by atomic mass is 10.1. The van der Waals surface area contributed by atoms with Gasteiger partial charge in [0.25, 0.3) is 0 Å². The van der Waals surface area contributed by atoms with E-state index in [1.807, 2.05) is 11.2 Å². The summed E-state index contributed by atoms with van der Waals surface area (Å²) >= 11 is 0. The number of nitrogens with zero attached hydrogens (tertiary/aromatic N) is 1. The van der Waals surface area contributed by atoms with Gasteiger partial charge in [-0.3, -0.25) is 4.79 Å². The van der Waals surface area contributed by atoms with Gasteiger partial charge in [-0.25, -0.2) is 22.5 Å². The number of sulfone groups is 1. The second kappa shape index (κ2) is 7.60. The average Bonchev–Trinajstić information content (AvgIpc) is 3.03. The minimum atomic E-state index is -3.96. The minimum Gasteiger partial charge on any atom is -0.444 e.